The third-order valence-corrected chi connectivity index (χ3v) is 4.50. The molecule has 0 bridgehead atoms. The Kier molecular flexibility index (Phi) is 5.44. The van der Waals surface area contributed by atoms with Crippen LogP contribution in [0.4, 0.5) is 4.79 Å². The maximum atomic E-state index is 12.1. The van der Waals surface area contributed by atoms with E-state index in [1.165, 1.54) is 0 Å². The van der Waals surface area contributed by atoms with Gasteiger partial charge in [0.1, 0.15) is 0 Å². The summed E-state index contributed by atoms with van der Waals surface area (Å²) in [4.78, 5) is 49.6. The van der Waals surface area contributed by atoms with E-state index in [1.54, 1.807) is 4.90 Å². The van der Waals surface area contributed by atoms with Crippen LogP contribution in [-0.2, 0) is 14.4 Å². The fraction of sp³-hybridized carbons (Fsp3) is 0.714. The van der Waals surface area contributed by atoms with Crippen molar-refractivity contribution in [3.05, 3.63) is 0 Å². The van der Waals surface area contributed by atoms with Crippen molar-refractivity contribution in [2.45, 2.75) is 20.3 Å². The number of carbonyl (C=O) groups is 4. The van der Waals surface area contributed by atoms with Crippen LogP contribution in [-0.4, -0.2) is 64.7 Å². The van der Waals surface area contributed by atoms with Gasteiger partial charge in [0.05, 0.1) is 11.7 Å². The molecule has 122 valence electrons. The Bertz CT molecular complexity index is 478. The van der Waals surface area contributed by atoms with Gasteiger partial charge in [-0.3, -0.25) is 24.1 Å². The lowest BCUT2D eigenvalue weighted by atomic mass is 10.1. The van der Waals surface area contributed by atoms with E-state index < -0.39 is 0 Å². The molecule has 2 rings (SSSR count). The van der Waals surface area contributed by atoms with E-state index in [9.17, 15) is 19.2 Å². The summed E-state index contributed by atoms with van der Waals surface area (Å²) >= 11 is 0.977. The van der Waals surface area contributed by atoms with E-state index in [2.05, 4.69) is 5.32 Å². The third-order valence-electron chi connectivity index (χ3n) is 3.65. The van der Waals surface area contributed by atoms with Gasteiger partial charge in [0.2, 0.25) is 17.7 Å². The number of imide groups is 1. The zero-order chi connectivity index (χ0) is 16.3. The molecule has 7 nitrogen and oxygen atoms in total. The highest BCUT2D eigenvalue weighted by Gasteiger charge is 2.34. The standard InChI is InChI=1S/C14H21N3O4S/c1-9(2)6-16-7-10(5-11(16)18)13(20)15-3-4-17-12(19)8-22-14(17)21/h9-10H,3-8H2,1-2H3,(H,15,20)/t10-/m0/s1. The minimum atomic E-state index is -0.342. The molecule has 1 N–H and O–H groups in total. The van der Waals surface area contributed by atoms with Gasteiger partial charge in [-0.15, -0.1) is 0 Å². The predicted octanol–water partition coefficient (Wildman–Crippen LogP) is 0.302. The van der Waals surface area contributed by atoms with Crippen LogP contribution >= 0.6 is 11.8 Å². The summed E-state index contributed by atoms with van der Waals surface area (Å²) in [7, 11) is 0. The molecule has 2 aliphatic rings. The molecule has 0 aromatic carbocycles. The van der Waals surface area contributed by atoms with Gasteiger partial charge in [0.25, 0.3) is 5.24 Å². The van der Waals surface area contributed by atoms with Gasteiger partial charge in [-0.05, 0) is 5.92 Å². The smallest absolute Gasteiger partial charge is 0.288 e. The number of likely N-dealkylation sites (tertiary alicyclic amines) is 1. The minimum absolute atomic E-state index is 0.00940. The number of hydrogen-bond donors (Lipinski definition) is 1. The second kappa shape index (κ2) is 7.13. The van der Waals surface area contributed by atoms with Crippen LogP contribution in [0.5, 0.6) is 0 Å². The van der Waals surface area contributed by atoms with E-state index in [-0.39, 0.29) is 54.1 Å². The lowest BCUT2D eigenvalue weighted by Crippen LogP contribution is -2.40. The molecule has 4 amide bonds. The Hall–Kier alpha value is -1.57. The van der Waals surface area contributed by atoms with Crippen molar-refractivity contribution >= 4 is 34.7 Å². The normalized spacial score (nSPS) is 22.1. The second-order valence-corrected chi connectivity index (χ2v) is 6.91. The number of carbonyl (C=O) groups excluding carboxylic acids is 4. The summed E-state index contributed by atoms with van der Waals surface area (Å²) in [6.45, 7) is 5.58. The van der Waals surface area contributed by atoms with Crippen LogP contribution in [0.3, 0.4) is 0 Å². The molecule has 0 unspecified atom stereocenters. The molecule has 2 saturated heterocycles. The first-order valence-corrected chi connectivity index (χ1v) is 8.39. The quantitative estimate of drug-likeness (QED) is 0.758. The highest BCUT2D eigenvalue weighted by molar-refractivity contribution is 8.14. The van der Waals surface area contributed by atoms with Crippen LogP contribution in [0.2, 0.25) is 0 Å². The highest BCUT2D eigenvalue weighted by atomic mass is 32.2. The van der Waals surface area contributed by atoms with Gasteiger partial charge in [-0.1, -0.05) is 25.6 Å². The second-order valence-electron chi connectivity index (χ2n) is 5.98. The zero-order valence-corrected chi connectivity index (χ0v) is 13.6. The SMILES string of the molecule is CC(C)CN1C[C@@H](C(=O)NCCN2C(=O)CSC2=O)CC1=O. The molecule has 0 radical (unpaired) electrons. The van der Waals surface area contributed by atoms with Crippen molar-refractivity contribution in [2.75, 3.05) is 31.9 Å². The molecule has 1 atom stereocenters. The highest BCUT2D eigenvalue weighted by Crippen LogP contribution is 2.20. The van der Waals surface area contributed by atoms with Crippen LogP contribution in [0.25, 0.3) is 0 Å². The van der Waals surface area contributed by atoms with Crippen LogP contribution in [0.15, 0.2) is 0 Å². The third kappa shape index (κ3) is 4.00. The number of rotatable bonds is 6. The lowest BCUT2D eigenvalue weighted by molar-refractivity contribution is -0.129. The van der Waals surface area contributed by atoms with E-state index in [1.807, 2.05) is 13.8 Å². The van der Waals surface area contributed by atoms with E-state index in [0.29, 0.717) is 19.0 Å². The van der Waals surface area contributed by atoms with Gasteiger partial charge >= 0.3 is 0 Å². The van der Waals surface area contributed by atoms with Gasteiger partial charge in [0.15, 0.2) is 0 Å². The van der Waals surface area contributed by atoms with Gasteiger partial charge in [0, 0.05) is 32.6 Å². The van der Waals surface area contributed by atoms with Crippen molar-refractivity contribution < 1.29 is 19.2 Å². The average molecular weight is 327 g/mol. The molecule has 2 aliphatic heterocycles. The minimum Gasteiger partial charge on any atom is -0.354 e. The summed E-state index contributed by atoms with van der Waals surface area (Å²) in [5, 5.41) is 2.45. The van der Waals surface area contributed by atoms with Crippen molar-refractivity contribution in [1.29, 1.82) is 0 Å². The summed E-state index contributed by atoms with van der Waals surface area (Å²) in [5.74, 6) is -0.195. The number of thioether (sulfide) groups is 1. The lowest BCUT2D eigenvalue weighted by Gasteiger charge is -2.19. The first-order chi connectivity index (χ1) is 10.4. The van der Waals surface area contributed by atoms with Crippen molar-refractivity contribution in [2.24, 2.45) is 11.8 Å². The Morgan fingerprint density at radius 2 is 2.05 bits per heavy atom. The Labute approximate surface area is 133 Å². The maximum Gasteiger partial charge on any atom is 0.288 e. The Morgan fingerprint density at radius 1 is 1.32 bits per heavy atom. The molecule has 0 saturated carbocycles. The van der Waals surface area contributed by atoms with E-state index in [0.717, 1.165) is 16.7 Å². The topological polar surface area (TPSA) is 86.8 Å². The molecule has 0 spiro atoms. The van der Waals surface area contributed by atoms with Crippen LogP contribution < -0.4 is 5.32 Å². The Morgan fingerprint density at radius 3 is 2.64 bits per heavy atom. The fourth-order valence-corrected chi connectivity index (χ4v) is 3.35. The number of nitrogens with one attached hydrogen (secondary N) is 1. The molecule has 2 heterocycles. The molecular weight excluding hydrogens is 306 g/mol. The first-order valence-electron chi connectivity index (χ1n) is 7.41. The fourth-order valence-electron chi connectivity index (χ4n) is 2.60. The van der Waals surface area contributed by atoms with Crippen LogP contribution in [0.1, 0.15) is 20.3 Å². The number of nitrogens with zero attached hydrogens (tertiary/aromatic N) is 2. The predicted molar refractivity (Wildman–Crippen MR) is 82.1 cm³/mol. The van der Waals surface area contributed by atoms with E-state index in [4.69, 9.17) is 0 Å². The number of hydrogen-bond acceptors (Lipinski definition) is 5. The summed E-state index contributed by atoms with van der Waals surface area (Å²) in [6.07, 6.45) is 0.232. The summed E-state index contributed by atoms with van der Waals surface area (Å²) in [5.41, 5.74) is 0. The zero-order valence-electron chi connectivity index (χ0n) is 12.8. The van der Waals surface area contributed by atoms with Gasteiger partial charge in [-0.2, -0.15) is 0 Å². The average Bonchev–Trinajstić information content (AvgIpc) is 2.95. The summed E-state index contributed by atoms with van der Waals surface area (Å²) < 4.78 is 0. The first kappa shape index (κ1) is 16.8. The maximum absolute atomic E-state index is 12.1. The summed E-state index contributed by atoms with van der Waals surface area (Å²) in [6, 6.07) is 0. The Balaban J connectivity index is 1.75. The molecule has 2 fully saturated rings. The van der Waals surface area contributed by atoms with Crippen molar-refractivity contribution in [3.8, 4) is 0 Å². The molecule has 22 heavy (non-hydrogen) atoms. The molecule has 8 heteroatoms. The van der Waals surface area contributed by atoms with Gasteiger partial charge in [-0.25, -0.2) is 0 Å². The molecule has 0 aliphatic carbocycles. The molecule has 0 aromatic rings. The molecule has 0 aromatic heterocycles. The molecular formula is C14H21N3O4S. The largest absolute Gasteiger partial charge is 0.354 e. The van der Waals surface area contributed by atoms with E-state index >= 15 is 0 Å². The van der Waals surface area contributed by atoms with Crippen molar-refractivity contribution in [1.82, 2.24) is 15.1 Å². The monoisotopic (exact) mass is 327 g/mol. The van der Waals surface area contributed by atoms with Crippen LogP contribution in [0, 0.1) is 11.8 Å². The van der Waals surface area contributed by atoms with Crippen molar-refractivity contribution in [3.63, 3.8) is 0 Å². The van der Waals surface area contributed by atoms with Gasteiger partial charge < -0.3 is 10.2 Å². The number of amides is 4.